The highest BCUT2D eigenvalue weighted by Gasteiger charge is 2.64. The van der Waals surface area contributed by atoms with Crippen LogP contribution in [-0.2, 0) is 19.1 Å². The molecule has 0 saturated carbocycles. The summed E-state index contributed by atoms with van der Waals surface area (Å²) in [5, 5.41) is 0. The third-order valence-electron chi connectivity index (χ3n) is 6.80. The van der Waals surface area contributed by atoms with Gasteiger partial charge < -0.3 is 33.2 Å². The Labute approximate surface area is 207 Å². The number of carbonyl (C=O) groups excluding carboxylic acids is 2. The van der Waals surface area contributed by atoms with Crippen LogP contribution < -0.4 is 23.7 Å². The number of cyclic esters (lactones) is 1. The number of alkyl halides is 1. The maximum Gasteiger partial charge on any atom is 0.328 e. The zero-order valence-corrected chi connectivity index (χ0v) is 20.5. The second-order valence-corrected chi connectivity index (χ2v) is 9.09. The van der Waals surface area contributed by atoms with E-state index in [-0.39, 0.29) is 19.8 Å². The Morgan fingerprint density at radius 1 is 1.00 bits per heavy atom. The molecular formula is C25H25ClO9. The van der Waals surface area contributed by atoms with Gasteiger partial charge in [-0.05, 0) is 35.4 Å². The van der Waals surface area contributed by atoms with Crippen LogP contribution in [0.3, 0.4) is 0 Å². The molecule has 5 rings (SSSR count). The third kappa shape index (κ3) is 3.43. The van der Waals surface area contributed by atoms with Crippen LogP contribution in [0, 0.1) is 5.92 Å². The summed E-state index contributed by atoms with van der Waals surface area (Å²) in [7, 11) is 4.53. The molecule has 0 bridgehead atoms. The van der Waals surface area contributed by atoms with E-state index < -0.39 is 34.8 Å². The minimum absolute atomic E-state index is 0.00119. The molecule has 9 nitrogen and oxygen atoms in total. The first-order valence-corrected chi connectivity index (χ1v) is 11.5. The van der Waals surface area contributed by atoms with Crippen LogP contribution in [0.1, 0.15) is 42.1 Å². The van der Waals surface area contributed by atoms with Crippen molar-refractivity contribution in [2.24, 2.45) is 5.92 Å². The van der Waals surface area contributed by atoms with E-state index in [1.165, 1.54) is 21.3 Å². The monoisotopic (exact) mass is 504 g/mol. The summed E-state index contributed by atoms with van der Waals surface area (Å²) in [4.78, 5) is 24.1. The van der Waals surface area contributed by atoms with Crippen molar-refractivity contribution in [1.29, 1.82) is 0 Å². The van der Waals surface area contributed by atoms with Crippen molar-refractivity contribution in [1.82, 2.24) is 0 Å². The van der Waals surface area contributed by atoms with Gasteiger partial charge in [-0.3, -0.25) is 9.59 Å². The van der Waals surface area contributed by atoms with Gasteiger partial charge in [-0.15, -0.1) is 11.6 Å². The number of benzene rings is 2. The van der Waals surface area contributed by atoms with Gasteiger partial charge in [-0.1, -0.05) is 6.92 Å². The van der Waals surface area contributed by atoms with Gasteiger partial charge in [-0.25, -0.2) is 0 Å². The molecule has 1 saturated heterocycles. The second kappa shape index (κ2) is 8.71. The average molecular weight is 505 g/mol. The van der Waals surface area contributed by atoms with Gasteiger partial charge in [-0.2, -0.15) is 0 Å². The molecule has 2 heterocycles. The maximum absolute atomic E-state index is 13.3. The van der Waals surface area contributed by atoms with E-state index in [1.54, 1.807) is 31.2 Å². The van der Waals surface area contributed by atoms with Crippen LogP contribution in [0.5, 0.6) is 28.7 Å². The van der Waals surface area contributed by atoms with Crippen LogP contribution >= 0.6 is 11.6 Å². The highest BCUT2D eigenvalue weighted by atomic mass is 35.5. The Balaban J connectivity index is 1.78. The molecule has 0 aromatic heterocycles. The summed E-state index contributed by atoms with van der Waals surface area (Å²) < 4.78 is 39.1. The van der Waals surface area contributed by atoms with E-state index in [2.05, 4.69) is 0 Å². The fraction of sp³-hybridized carbons (Fsp3) is 0.440. The molecule has 35 heavy (non-hydrogen) atoms. The summed E-state index contributed by atoms with van der Waals surface area (Å²) in [5.41, 5.74) is 1.97. The van der Waals surface area contributed by atoms with Crippen molar-refractivity contribution in [3.63, 3.8) is 0 Å². The smallest absolute Gasteiger partial charge is 0.328 e. The Bertz CT molecular complexity index is 1170. The van der Waals surface area contributed by atoms with Gasteiger partial charge in [0.1, 0.15) is 12.7 Å². The lowest BCUT2D eigenvalue weighted by Crippen LogP contribution is -2.48. The van der Waals surface area contributed by atoms with Gasteiger partial charge in [0.25, 0.3) is 0 Å². The number of halogens is 1. The van der Waals surface area contributed by atoms with E-state index >= 15 is 0 Å². The number of hydrogen-bond acceptors (Lipinski definition) is 9. The van der Waals surface area contributed by atoms with Crippen molar-refractivity contribution in [3.8, 4) is 28.7 Å². The number of hydrogen-bond donors (Lipinski definition) is 0. The summed E-state index contributed by atoms with van der Waals surface area (Å²) in [6, 6.07) is 7.08. The van der Waals surface area contributed by atoms with E-state index in [4.69, 9.17) is 44.8 Å². The van der Waals surface area contributed by atoms with Crippen LogP contribution in [0.2, 0.25) is 0 Å². The highest BCUT2D eigenvalue weighted by Crippen LogP contribution is 2.60. The van der Waals surface area contributed by atoms with Crippen molar-refractivity contribution < 1.29 is 42.7 Å². The predicted octanol–water partition coefficient (Wildman–Crippen LogP) is 3.73. The Morgan fingerprint density at radius 3 is 2.20 bits per heavy atom. The van der Waals surface area contributed by atoms with Gasteiger partial charge in [0.2, 0.25) is 12.5 Å². The molecule has 2 aromatic rings. The zero-order valence-electron chi connectivity index (χ0n) is 19.7. The molecule has 0 spiro atoms. The molecule has 10 heteroatoms. The summed E-state index contributed by atoms with van der Waals surface area (Å²) in [6.07, 6.45) is -0.641. The fourth-order valence-corrected chi connectivity index (χ4v) is 5.64. The van der Waals surface area contributed by atoms with Gasteiger partial charge in [0.05, 0.1) is 27.2 Å². The number of rotatable bonds is 6. The van der Waals surface area contributed by atoms with Crippen LogP contribution in [-0.4, -0.2) is 51.5 Å². The lowest BCUT2D eigenvalue weighted by Gasteiger charge is -2.43. The molecule has 4 atom stereocenters. The molecule has 0 amide bonds. The summed E-state index contributed by atoms with van der Waals surface area (Å²) in [5.74, 6) is -0.109. The number of ether oxygens (including phenoxy) is 7. The minimum Gasteiger partial charge on any atom is -0.493 e. The minimum atomic E-state index is -1.57. The van der Waals surface area contributed by atoms with E-state index in [1.807, 2.05) is 0 Å². The Morgan fingerprint density at radius 2 is 1.63 bits per heavy atom. The molecule has 1 fully saturated rings. The van der Waals surface area contributed by atoms with Crippen LogP contribution in [0.25, 0.3) is 0 Å². The second-order valence-electron chi connectivity index (χ2n) is 8.46. The van der Waals surface area contributed by atoms with Crippen molar-refractivity contribution >= 4 is 23.5 Å². The standard InChI is InChI=1S/C25H25ClO9/c1-5-20(27)35-22-14-9-17-16(33-11-34-17)8-13(14)21(25(26)15(22)10-32-24(25)28)12-6-18(29-2)23(31-4)19(7-12)30-3/h6-9,15,21-22H,5,10-11H2,1-4H3/t15-,21-,22+,25-/m1/s1. The van der Waals surface area contributed by atoms with E-state index in [9.17, 15) is 9.59 Å². The molecule has 2 aliphatic heterocycles. The lowest BCUT2D eigenvalue weighted by atomic mass is 9.65. The Hall–Kier alpha value is -3.33. The molecule has 0 radical (unpaired) electrons. The molecular weight excluding hydrogens is 480 g/mol. The molecule has 3 aliphatic rings. The third-order valence-corrected chi connectivity index (χ3v) is 7.45. The summed E-state index contributed by atoms with van der Waals surface area (Å²) in [6.45, 7) is 1.76. The first kappa shape index (κ1) is 23.4. The van der Waals surface area contributed by atoms with E-state index in [0.29, 0.717) is 45.4 Å². The number of methoxy groups -OCH3 is 3. The largest absolute Gasteiger partial charge is 0.493 e. The first-order chi connectivity index (χ1) is 16.9. The molecule has 1 aliphatic carbocycles. The zero-order chi connectivity index (χ0) is 24.9. The van der Waals surface area contributed by atoms with E-state index in [0.717, 1.165) is 0 Å². The molecule has 0 unspecified atom stereocenters. The lowest BCUT2D eigenvalue weighted by molar-refractivity contribution is -0.153. The topological polar surface area (TPSA) is 98.8 Å². The van der Waals surface area contributed by atoms with Crippen LogP contribution in [0.4, 0.5) is 0 Å². The van der Waals surface area contributed by atoms with Crippen LogP contribution in [0.15, 0.2) is 24.3 Å². The SMILES string of the molecule is CCC(=O)O[C@H]1c2cc3c(cc2[C@@H](c2cc(OC)c(OC)c(OC)c2)[C@@]2(Cl)C(=O)OC[C@H]12)OCO3. The maximum atomic E-state index is 13.3. The van der Waals surface area contributed by atoms with Crippen molar-refractivity contribution in [2.45, 2.75) is 30.2 Å². The number of carbonyl (C=O) groups is 2. The van der Waals surface area contributed by atoms with Gasteiger partial charge in [0.15, 0.2) is 27.9 Å². The summed E-state index contributed by atoms with van der Waals surface area (Å²) >= 11 is 7.24. The number of esters is 2. The van der Waals surface area contributed by atoms with Crippen molar-refractivity contribution in [2.75, 3.05) is 34.7 Å². The molecule has 0 N–H and O–H groups in total. The van der Waals surface area contributed by atoms with Gasteiger partial charge >= 0.3 is 11.9 Å². The number of fused-ring (bicyclic) bond motifs is 3. The first-order valence-electron chi connectivity index (χ1n) is 11.2. The quantitative estimate of drug-likeness (QED) is 0.430. The predicted molar refractivity (Wildman–Crippen MR) is 123 cm³/mol. The average Bonchev–Trinajstić information content (AvgIpc) is 3.45. The Kier molecular flexibility index (Phi) is 5.83. The highest BCUT2D eigenvalue weighted by molar-refractivity contribution is 6.36. The normalized spacial score (nSPS) is 25.9. The van der Waals surface area contributed by atoms with Crippen molar-refractivity contribution in [3.05, 3.63) is 41.0 Å². The van der Waals surface area contributed by atoms with Gasteiger partial charge in [0, 0.05) is 17.9 Å². The molecule has 186 valence electrons. The fourth-order valence-electron chi connectivity index (χ4n) is 5.16. The molecule has 2 aromatic carbocycles.